The van der Waals surface area contributed by atoms with E-state index in [0.717, 1.165) is 38.2 Å². The molecule has 2 saturated heterocycles. The lowest BCUT2D eigenvalue weighted by molar-refractivity contribution is -0.120. The van der Waals surface area contributed by atoms with Crippen molar-refractivity contribution < 1.29 is 4.79 Å². The molecule has 3 rings (SSSR count). The van der Waals surface area contributed by atoms with Crippen LogP contribution >= 0.6 is 12.4 Å². The lowest BCUT2D eigenvalue weighted by atomic mass is 9.97. The molecule has 4 nitrogen and oxygen atoms in total. The zero-order chi connectivity index (χ0) is 15.2. The molecular formula is C18H28ClN3O. The van der Waals surface area contributed by atoms with Crippen LogP contribution in [-0.4, -0.2) is 37.0 Å². The Morgan fingerprint density at radius 2 is 1.91 bits per heavy atom. The van der Waals surface area contributed by atoms with E-state index in [4.69, 9.17) is 0 Å². The summed E-state index contributed by atoms with van der Waals surface area (Å²) in [6.07, 6.45) is 5.87. The number of amides is 1. The number of hydrogen-bond acceptors (Lipinski definition) is 3. The number of likely N-dealkylation sites (tertiary alicyclic amines) is 1. The van der Waals surface area contributed by atoms with E-state index in [-0.39, 0.29) is 24.2 Å². The molecule has 128 valence electrons. The van der Waals surface area contributed by atoms with Gasteiger partial charge in [-0.15, -0.1) is 12.4 Å². The summed E-state index contributed by atoms with van der Waals surface area (Å²) in [5.74, 6) is 0.337. The zero-order valence-corrected chi connectivity index (χ0v) is 14.5. The van der Waals surface area contributed by atoms with Crippen molar-refractivity contribution in [1.82, 2.24) is 10.2 Å². The van der Waals surface area contributed by atoms with Gasteiger partial charge in [0.25, 0.3) is 0 Å². The first-order valence-electron chi connectivity index (χ1n) is 8.64. The summed E-state index contributed by atoms with van der Waals surface area (Å²) >= 11 is 0. The summed E-state index contributed by atoms with van der Waals surface area (Å²) < 4.78 is 0. The van der Waals surface area contributed by atoms with Crippen molar-refractivity contribution in [2.75, 3.05) is 31.5 Å². The maximum absolute atomic E-state index is 12.3. The van der Waals surface area contributed by atoms with Crippen molar-refractivity contribution >= 4 is 24.0 Å². The molecule has 0 aliphatic carbocycles. The molecule has 5 heteroatoms. The smallest absolute Gasteiger partial charge is 0.227 e. The Kier molecular flexibility index (Phi) is 7.34. The van der Waals surface area contributed by atoms with Crippen LogP contribution in [0.4, 0.5) is 5.69 Å². The molecular weight excluding hydrogens is 310 g/mol. The molecule has 1 amide bonds. The second kappa shape index (κ2) is 9.26. The standard InChI is InChI=1S/C18H27N3O.ClH/c22-18(16-7-9-19-10-8-16)20-17-6-4-5-15(13-17)14-21-11-2-1-3-12-21;/h4-6,13,16,19H,1-3,7-12,14H2,(H,20,22);1H. The minimum atomic E-state index is 0. The second-order valence-corrected chi connectivity index (χ2v) is 6.55. The highest BCUT2D eigenvalue weighted by molar-refractivity contribution is 5.92. The molecule has 2 fully saturated rings. The van der Waals surface area contributed by atoms with Crippen LogP contribution in [0, 0.1) is 5.92 Å². The van der Waals surface area contributed by atoms with Gasteiger partial charge in [-0.1, -0.05) is 18.6 Å². The lowest BCUT2D eigenvalue weighted by Crippen LogP contribution is -2.34. The molecule has 0 radical (unpaired) electrons. The molecule has 0 spiro atoms. The minimum Gasteiger partial charge on any atom is -0.326 e. The van der Waals surface area contributed by atoms with Crippen molar-refractivity contribution in [3.8, 4) is 0 Å². The highest BCUT2D eigenvalue weighted by atomic mass is 35.5. The number of hydrogen-bond donors (Lipinski definition) is 2. The van der Waals surface area contributed by atoms with E-state index in [0.29, 0.717) is 0 Å². The van der Waals surface area contributed by atoms with Gasteiger partial charge in [0.1, 0.15) is 0 Å². The molecule has 2 aliphatic rings. The first-order chi connectivity index (χ1) is 10.8. The fourth-order valence-corrected chi connectivity index (χ4v) is 3.45. The van der Waals surface area contributed by atoms with Gasteiger partial charge in [0.05, 0.1) is 0 Å². The van der Waals surface area contributed by atoms with Crippen molar-refractivity contribution in [3.63, 3.8) is 0 Å². The van der Waals surface area contributed by atoms with Crippen molar-refractivity contribution in [1.29, 1.82) is 0 Å². The quantitative estimate of drug-likeness (QED) is 0.887. The SMILES string of the molecule is Cl.O=C(Nc1cccc(CN2CCCCC2)c1)C1CCNCC1. The number of benzene rings is 1. The molecule has 0 aromatic heterocycles. The predicted molar refractivity (Wildman–Crippen MR) is 97.0 cm³/mol. The van der Waals surface area contributed by atoms with Gasteiger partial charge in [0.2, 0.25) is 5.91 Å². The maximum atomic E-state index is 12.3. The van der Waals surface area contributed by atoms with Gasteiger partial charge >= 0.3 is 0 Å². The normalized spacial score (nSPS) is 19.8. The highest BCUT2D eigenvalue weighted by Gasteiger charge is 2.20. The van der Waals surface area contributed by atoms with Crippen LogP contribution in [0.2, 0.25) is 0 Å². The van der Waals surface area contributed by atoms with Gasteiger partial charge in [0, 0.05) is 18.2 Å². The van der Waals surface area contributed by atoms with Crippen LogP contribution in [0.25, 0.3) is 0 Å². The summed E-state index contributed by atoms with van der Waals surface area (Å²) in [6, 6.07) is 8.35. The Balaban J connectivity index is 0.00000192. The summed E-state index contributed by atoms with van der Waals surface area (Å²) in [5.41, 5.74) is 2.24. The molecule has 2 heterocycles. The summed E-state index contributed by atoms with van der Waals surface area (Å²) in [4.78, 5) is 14.8. The number of carbonyl (C=O) groups excluding carboxylic acids is 1. The molecule has 0 bridgehead atoms. The van der Waals surface area contributed by atoms with Crippen LogP contribution < -0.4 is 10.6 Å². The maximum Gasteiger partial charge on any atom is 0.227 e. The predicted octanol–water partition coefficient (Wildman–Crippen LogP) is 3.03. The van der Waals surface area contributed by atoms with Gasteiger partial charge in [0.15, 0.2) is 0 Å². The number of anilines is 1. The topological polar surface area (TPSA) is 44.4 Å². The summed E-state index contributed by atoms with van der Waals surface area (Å²) in [7, 11) is 0. The summed E-state index contributed by atoms with van der Waals surface area (Å²) in [5, 5.41) is 6.41. The van der Waals surface area contributed by atoms with Gasteiger partial charge in [-0.05, 0) is 69.6 Å². The molecule has 0 unspecified atom stereocenters. The van der Waals surface area contributed by atoms with Crippen molar-refractivity contribution in [3.05, 3.63) is 29.8 Å². The molecule has 0 saturated carbocycles. The van der Waals surface area contributed by atoms with E-state index in [9.17, 15) is 4.79 Å². The molecule has 1 aromatic rings. The fraction of sp³-hybridized carbons (Fsp3) is 0.611. The number of nitrogens with one attached hydrogen (secondary N) is 2. The third kappa shape index (κ3) is 5.48. The minimum absolute atomic E-state index is 0. The average molecular weight is 338 g/mol. The Hall–Kier alpha value is -1.10. The van der Waals surface area contributed by atoms with Crippen molar-refractivity contribution in [2.24, 2.45) is 5.92 Å². The van der Waals surface area contributed by atoms with Crippen LogP contribution in [0.15, 0.2) is 24.3 Å². The number of carbonyl (C=O) groups is 1. The number of piperidine rings is 2. The number of nitrogens with zero attached hydrogens (tertiary/aromatic N) is 1. The Morgan fingerprint density at radius 1 is 1.17 bits per heavy atom. The van der Waals surface area contributed by atoms with E-state index in [1.807, 2.05) is 6.07 Å². The first-order valence-corrected chi connectivity index (χ1v) is 8.64. The highest BCUT2D eigenvalue weighted by Crippen LogP contribution is 2.18. The van der Waals surface area contributed by atoms with Gasteiger partial charge < -0.3 is 10.6 Å². The Labute approximate surface area is 145 Å². The first kappa shape index (κ1) is 18.2. The molecule has 0 atom stereocenters. The molecule has 2 aliphatic heterocycles. The largest absolute Gasteiger partial charge is 0.326 e. The Morgan fingerprint density at radius 3 is 2.65 bits per heavy atom. The van der Waals surface area contributed by atoms with E-state index in [1.54, 1.807) is 0 Å². The molecule has 2 N–H and O–H groups in total. The third-order valence-electron chi connectivity index (χ3n) is 4.76. The van der Waals surface area contributed by atoms with Crippen LogP contribution in [0.3, 0.4) is 0 Å². The van der Waals surface area contributed by atoms with E-state index < -0.39 is 0 Å². The number of rotatable bonds is 4. The lowest BCUT2D eigenvalue weighted by Gasteiger charge is -2.26. The van der Waals surface area contributed by atoms with E-state index in [2.05, 4.69) is 33.7 Å². The van der Waals surface area contributed by atoms with Crippen LogP contribution in [0.1, 0.15) is 37.7 Å². The van der Waals surface area contributed by atoms with E-state index in [1.165, 1.54) is 37.9 Å². The number of halogens is 1. The Bertz CT molecular complexity index is 497. The average Bonchev–Trinajstić information content (AvgIpc) is 2.57. The zero-order valence-electron chi connectivity index (χ0n) is 13.7. The summed E-state index contributed by atoms with van der Waals surface area (Å²) in [6.45, 7) is 5.30. The monoisotopic (exact) mass is 337 g/mol. The van der Waals surface area contributed by atoms with Gasteiger partial charge in [-0.3, -0.25) is 9.69 Å². The van der Waals surface area contributed by atoms with Crippen molar-refractivity contribution in [2.45, 2.75) is 38.6 Å². The second-order valence-electron chi connectivity index (χ2n) is 6.55. The van der Waals surface area contributed by atoms with Gasteiger partial charge in [-0.2, -0.15) is 0 Å². The fourth-order valence-electron chi connectivity index (χ4n) is 3.45. The molecule has 1 aromatic carbocycles. The van der Waals surface area contributed by atoms with E-state index >= 15 is 0 Å². The van der Waals surface area contributed by atoms with Crippen LogP contribution in [-0.2, 0) is 11.3 Å². The van der Waals surface area contributed by atoms with Gasteiger partial charge in [-0.25, -0.2) is 0 Å². The van der Waals surface area contributed by atoms with Crippen LogP contribution in [0.5, 0.6) is 0 Å². The molecule has 23 heavy (non-hydrogen) atoms. The third-order valence-corrected chi connectivity index (χ3v) is 4.76.